The molecule has 1 N–H and O–H groups in total. The van der Waals surface area contributed by atoms with Crippen LogP contribution in [0.2, 0.25) is 0 Å². The number of ether oxygens (including phenoxy) is 2. The van der Waals surface area contributed by atoms with Gasteiger partial charge in [-0.3, -0.25) is 19.2 Å². The molecule has 7 aliphatic rings. The van der Waals surface area contributed by atoms with Crippen LogP contribution in [0.3, 0.4) is 0 Å². The molecule has 8 nitrogen and oxygen atoms in total. The van der Waals surface area contributed by atoms with Crippen molar-refractivity contribution in [3.05, 3.63) is 11.6 Å². The van der Waals surface area contributed by atoms with Crippen molar-refractivity contribution >= 4 is 23.3 Å². The Morgan fingerprint density at radius 2 is 1.87 bits per heavy atom. The molecule has 0 aromatic carbocycles. The van der Waals surface area contributed by atoms with E-state index in [4.69, 9.17) is 9.47 Å². The summed E-state index contributed by atoms with van der Waals surface area (Å²) < 4.78 is 13.1. The Bertz CT molecular complexity index is 1230. The van der Waals surface area contributed by atoms with Gasteiger partial charge < -0.3 is 14.6 Å². The molecule has 3 aliphatic carbocycles. The van der Waals surface area contributed by atoms with Crippen LogP contribution in [0.25, 0.3) is 0 Å². The van der Waals surface area contributed by atoms with Crippen LogP contribution < -0.4 is 0 Å². The molecule has 7 rings (SSSR count). The van der Waals surface area contributed by atoms with Gasteiger partial charge in [-0.25, -0.2) is 4.90 Å². The van der Waals surface area contributed by atoms with E-state index in [9.17, 15) is 19.5 Å². The number of hydrogen-bond donors (Lipinski definition) is 1. The number of ketones is 3. The molecule has 0 aromatic heterocycles. The molecule has 8 heteroatoms. The first-order chi connectivity index (χ1) is 17.8. The van der Waals surface area contributed by atoms with Crippen molar-refractivity contribution in [3.63, 3.8) is 0 Å². The van der Waals surface area contributed by atoms with Gasteiger partial charge in [-0.2, -0.15) is 0 Å². The zero-order valence-corrected chi connectivity index (χ0v) is 23.0. The number of Topliss-reactive ketones (excluding diaryl/α,β-unsaturated/α-hetero) is 2. The fraction of sp³-hybridized carbons (Fsp3) is 0.800. The molecule has 4 heterocycles. The number of aliphatic hydroxyl groups is 1. The number of rotatable bonds is 1. The maximum absolute atomic E-state index is 15.4. The van der Waals surface area contributed by atoms with E-state index in [0.29, 0.717) is 31.7 Å². The van der Waals surface area contributed by atoms with Gasteiger partial charge in [0.2, 0.25) is 5.72 Å². The van der Waals surface area contributed by atoms with Crippen LogP contribution in [0.5, 0.6) is 0 Å². The van der Waals surface area contributed by atoms with Crippen molar-refractivity contribution in [2.45, 2.75) is 90.7 Å². The summed E-state index contributed by atoms with van der Waals surface area (Å²) >= 11 is 0. The Kier molecular flexibility index (Phi) is 4.78. The first-order valence-electron chi connectivity index (χ1n) is 14.4. The average Bonchev–Trinajstić information content (AvgIpc) is 3.11. The zero-order valence-electron chi connectivity index (χ0n) is 23.0. The summed E-state index contributed by atoms with van der Waals surface area (Å²) in [7, 11) is 0. The number of nitrogens with zero attached hydrogens (tertiary/aromatic N) is 1. The lowest BCUT2D eigenvalue weighted by Crippen LogP contribution is -2.87. The van der Waals surface area contributed by atoms with Gasteiger partial charge in [-0.1, -0.05) is 33.3 Å². The Labute approximate surface area is 223 Å². The second kappa shape index (κ2) is 7.24. The zero-order chi connectivity index (χ0) is 27.2. The van der Waals surface area contributed by atoms with E-state index in [1.54, 1.807) is 6.08 Å². The number of carbonyl (C=O) groups excluding carboxylic acids is 4. The van der Waals surface area contributed by atoms with Crippen molar-refractivity contribution in [1.82, 2.24) is 4.90 Å². The molecule has 11 atom stereocenters. The monoisotopic (exact) mass is 525 g/mol. The summed E-state index contributed by atoms with van der Waals surface area (Å²) in [5, 5.41) is 10.4. The molecule has 4 bridgehead atoms. The lowest BCUT2D eigenvalue weighted by Gasteiger charge is -2.75. The minimum Gasteiger partial charge on any atom is -0.435 e. The highest BCUT2D eigenvalue weighted by Crippen LogP contribution is 2.76. The van der Waals surface area contributed by atoms with E-state index in [1.165, 1.54) is 0 Å². The van der Waals surface area contributed by atoms with E-state index >= 15 is 4.79 Å². The second-order valence-corrected chi connectivity index (χ2v) is 14.4. The Morgan fingerprint density at radius 1 is 1.13 bits per heavy atom. The van der Waals surface area contributed by atoms with Gasteiger partial charge in [0.05, 0.1) is 25.0 Å². The number of esters is 1. The lowest BCUT2D eigenvalue weighted by atomic mass is 9.32. The van der Waals surface area contributed by atoms with E-state index < -0.39 is 63.9 Å². The Morgan fingerprint density at radius 3 is 2.58 bits per heavy atom. The first-order valence-corrected chi connectivity index (χ1v) is 14.4. The van der Waals surface area contributed by atoms with Crippen molar-refractivity contribution < 1.29 is 33.8 Å². The highest BCUT2D eigenvalue weighted by molar-refractivity contribution is 6.08. The largest absolute Gasteiger partial charge is 0.435 e. The molecule has 4 aliphatic heterocycles. The third kappa shape index (κ3) is 2.47. The van der Waals surface area contributed by atoms with Crippen LogP contribution in [-0.2, 0) is 28.7 Å². The van der Waals surface area contributed by atoms with Crippen LogP contribution >= 0.6 is 0 Å². The molecule has 0 radical (unpaired) electrons. The quantitative estimate of drug-likeness (QED) is 0.521. The third-order valence-electron chi connectivity index (χ3n) is 12.6. The molecule has 206 valence electrons. The molecule has 6 fully saturated rings. The van der Waals surface area contributed by atoms with E-state index in [1.807, 2.05) is 27.7 Å². The van der Waals surface area contributed by atoms with Crippen molar-refractivity contribution in [3.8, 4) is 0 Å². The smallest absolute Gasteiger partial charge is 0.308 e. The number of fused-ring (bicyclic) bond motifs is 5. The van der Waals surface area contributed by atoms with Gasteiger partial charge in [0.1, 0.15) is 11.5 Å². The van der Waals surface area contributed by atoms with Crippen LogP contribution in [0.4, 0.5) is 0 Å². The van der Waals surface area contributed by atoms with Crippen molar-refractivity contribution in [2.75, 3.05) is 13.2 Å². The summed E-state index contributed by atoms with van der Waals surface area (Å²) in [6.07, 6.45) is 5.02. The molecular weight excluding hydrogens is 486 g/mol. The summed E-state index contributed by atoms with van der Waals surface area (Å²) in [6, 6.07) is 0. The maximum Gasteiger partial charge on any atom is 0.308 e. The van der Waals surface area contributed by atoms with Crippen LogP contribution in [-0.4, -0.2) is 64.0 Å². The molecule has 4 saturated heterocycles. The number of carbonyl (C=O) groups is 4. The number of hydrogen-bond acceptors (Lipinski definition) is 8. The summed E-state index contributed by atoms with van der Waals surface area (Å²) in [4.78, 5) is 58.9. The highest BCUT2D eigenvalue weighted by atomic mass is 16.6. The van der Waals surface area contributed by atoms with E-state index in [2.05, 4.69) is 11.8 Å². The topological polar surface area (TPSA) is 110 Å². The van der Waals surface area contributed by atoms with Gasteiger partial charge in [-0.15, -0.1) is 0 Å². The highest BCUT2D eigenvalue weighted by Gasteiger charge is 2.86. The molecule has 1 spiro atoms. The van der Waals surface area contributed by atoms with Crippen LogP contribution in [0.1, 0.15) is 73.1 Å². The fourth-order valence-electron chi connectivity index (χ4n) is 11.0. The Hall–Kier alpha value is -1.90. The normalized spacial score (nSPS) is 55.4. The molecule has 0 aromatic rings. The lowest BCUT2D eigenvalue weighted by molar-refractivity contribution is -0.350. The average molecular weight is 526 g/mol. The summed E-state index contributed by atoms with van der Waals surface area (Å²) in [5.41, 5.74) is -4.30. The van der Waals surface area contributed by atoms with E-state index in [-0.39, 0.29) is 29.9 Å². The van der Waals surface area contributed by atoms with Gasteiger partial charge >= 0.3 is 5.97 Å². The van der Waals surface area contributed by atoms with Gasteiger partial charge in [-0.05, 0) is 62.4 Å². The SMILES string of the molecule is CC1=CC(=O)[C@@H]2[C@@H](C1)[C@]1(C)C(=O)[C@@]34OC(=O)C[C@@](C)([C@H]1C(=O)[C@@H]2CO)[C@]3(C)CC[C@]12C[C@@H](C)C[C@H](CN14)O2. The van der Waals surface area contributed by atoms with Crippen molar-refractivity contribution in [1.29, 1.82) is 0 Å². The molecule has 0 unspecified atom stereocenters. The predicted molar refractivity (Wildman–Crippen MR) is 134 cm³/mol. The maximum atomic E-state index is 15.4. The van der Waals surface area contributed by atoms with Crippen molar-refractivity contribution in [2.24, 2.45) is 45.8 Å². The minimum atomic E-state index is -1.56. The van der Waals surface area contributed by atoms with Crippen LogP contribution in [0, 0.1) is 45.8 Å². The standard InChI is InChI=1S/C30H39NO7/c1-15-9-19-22(20(33)10-15)18(14-32)23(35)24-26(3)12-21(34)38-30(25(36)28(19,24)5)27(26,4)6-7-29-11-16(2)8-17(37-29)13-31(29)30/h10,16-19,22,24,32H,6-9,11-14H2,1-5H3/t16-,17+,18+,19+,22-,24+,26-,27-,28-,29-,30+/m0/s1. The molecular formula is C30H39NO7. The van der Waals surface area contributed by atoms with Crippen LogP contribution in [0.15, 0.2) is 11.6 Å². The minimum absolute atomic E-state index is 0.0321. The number of allylic oxidation sites excluding steroid dienone is 2. The van der Waals surface area contributed by atoms with Gasteiger partial charge in [0, 0.05) is 29.2 Å². The molecule has 0 amide bonds. The summed E-state index contributed by atoms with van der Waals surface area (Å²) in [6.45, 7) is 10.1. The molecule has 38 heavy (non-hydrogen) atoms. The fourth-order valence-corrected chi connectivity index (χ4v) is 11.0. The van der Waals surface area contributed by atoms with E-state index in [0.717, 1.165) is 18.4 Å². The number of aliphatic hydroxyl groups excluding tert-OH is 1. The van der Waals surface area contributed by atoms with Gasteiger partial charge in [0.15, 0.2) is 11.6 Å². The summed E-state index contributed by atoms with van der Waals surface area (Å²) in [5.74, 6) is -3.60. The van der Waals surface area contributed by atoms with Gasteiger partial charge in [0.25, 0.3) is 0 Å². The Balaban J connectivity index is 1.50. The first kappa shape index (κ1) is 25.1. The third-order valence-corrected chi connectivity index (χ3v) is 12.6. The molecule has 2 saturated carbocycles. The number of piperidine rings is 1. The predicted octanol–water partition coefficient (Wildman–Crippen LogP) is 2.81. The second-order valence-electron chi connectivity index (χ2n) is 14.4.